The van der Waals surface area contributed by atoms with Crippen molar-refractivity contribution in [2.45, 2.75) is 37.4 Å². The van der Waals surface area contributed by atoms with E-state index in [0.717, 1.165) is 26.2 Å². The molecule has 8 nitrogen and oxygen atoms in total. The number of aromatic nitrogens is 2. The van der Waals surface area contributed by atoms with E-state index in [1.807, 2.05) is 10.9 Å². The number of hydrogen-bond donors (Lipinski definition) is 1. The Morgan fingerprint density at radius 3 is 2.86 bits per heavy atom. The maximum atomic E-state index is 12.7. The molecule has 1 saturated heterocycles. The van der Waals surface area contributed by atoms with Crippen LogP contribution in [0.4, 0.5) is 5.69 Å². The number of piperidine rings is 1. The van der Waals surface area contributed by atoms with Crippen LogP contribution in [0.15, 0.2) is 34.1 Å². The molecule has 0 bridgehead atoms. The average molecular weight is 440 g/mol. The van der Waals surface area contributed by atoms with Gasteiger partial charge in [0.1, 0.15) is 4.21 Å². The van der Waals surface area contributed by atoms with Gasteiger partial charge in [0.2, 0.25) is 5.91 Å². The summed E-state index contributed by atoms with van der Waals surface area (Å²) >= 11 is 1.20. The summed E-state index contributed by atoms with van der Waals surface area (Å²) in [5, 5.41) is 8.96. The minimum absolute atomic E-state index is 0.153. The quantitative estimate of drug-likeness (QED) is 0.648. The highest BCUT2D eigenvalue weighted by Crippen LogP contribution is 2.27. The lowest BCUT2D eigenvalue weighted by Gasteiger charge is -2.30. The maximum absolute atomic E-state index is 12.7. The number of amides is 1. The highest BCUT2D eigenvalue weighted by Gasteiger charge is 2.33. The summed E-state index contributed by atoms with van der Waals surface area (Å²) in [6.07, 6.45) is 4.82. The van der Waals surface area contributed by atoms with Crippen molar-refractivity contribution in [3.05, 3.63) is 29.9 Å². The Morgan fingerprint density at radius 1 is 1.38 bits per heavy atom. The number of rotatable bonds is 9. The first-order chi connectivity index (χ1) is 13.9. The van der Waals surface area contributed by atoms with Crippen LogP contribution in [0.2, 0.25) is 0 Å². The van der Waals surface area contributed by atoms with Crippen molar-refractivity contribution in [1.82, 2.24) is 19.0 Å². The molecule has 0 spiro atoms. The van der Waals surface area contributed by atoms with Gasteiger partial charge in [0.05, 0.1) is 24.3 Å². The second-order valence-electron chi connectivity index (χ2n) is 7.14. The van der Waals surface area contributed by atoms with Gasteiger partial charge in [-0.1, -0.05) is 19.9 Å². The summed E-state index contributed by atoms with van der Waals surface area (Å²) in [6, 6.07) is 3.33. The van der Waals surface area contributed by atoms with Gasteiger partial charge < -0.3 is 10.2 Å². The molecule has 3 heterocycles. The molecule has 1 amide bonds. The minimum Gasteiger partial charge on any atom is -0.323 e. The number of anilines is 1. The molecule has 1 atom stereocenters. The van der Waals surface area contributed by atoms with E-state index in [1.165, 1.54) is 15.6 Å². The van der Waals surface area contributed by atoms with E-state index in [-0.39, 0.29) is 18.4 Å². The first-order valence-corrected chi connectivity index (χ1v) is 12.3. The summed E-state index contributed by atoms with van der Waals surface area (Å²) in [7, 11) is -3.52. The van der Waals surface area contributed by atoms with E-state index < -0.39 is 10.0 Å². The Hall–Kier alpha value is -1.75. The van der Waals surface area contributed by atoms with Crippen LogP contribution in [0.25, 0.3) is 0 Å². The predicted octanol–water partition coefficient (Wildman–Crippen LogP) is 2.33. The number of nitrogens with zero attached hydrogens (tertiary/aromatic N) is 4. The molecule has 2 aromatic rings. The molecular weight excluding hydrogens is 410 g/mol. The summed E-state index contributed by atoms with van der Waals surface area (Å²) in [6.45, 7) is 8.57. The molecule has 0 saturated carbocycles. The third-order valence-corrected chi connectivity index (χ3v) is 8.52. The van der Waals surface area contributed by atoms with Crippen LogP contribution in [0.1, 0.15) is 26.7 Å². The van der Waals surface area contributed by atoms with Crippen molar-refractivity contribution in [1.29, 1.82) is 0 Å². The van der Waals surface area contributed by atoms with Gasteiger partial charge in [-0.25, -0.2) is 8.42 Å². The zero-order valence-corrected chi connectivity index (χ0v) is 18.6. The standard InChI is InChI=1S/C19H29N5O3S2/c1-3-22(4-2)10-11-23-15-17(13-20-23)21-19(25)16-7-5-9-24(14-16)29(26,27)18-8-6-12-28-18/h6,8,12-13,15-16H,3-5,7,9-11,14H2,1-2H3,(H,21,25). The Morgan fingerprint density at radius 2 is 2.17 bits per heavy atom. The third-order valence-electron chi connectivity index (χ3n) is 5.28. The molecule has 160 valence electrons. The highest BCUT2D eigenvalue weighted by atomic mass is 32.2. The van der Waals surface area contributed by atoms with Gasteiger partial charge in [0, 0.05) is 25.8 Å². The molecule has 1 N–H and O–H groups in total. The minimum atomic E-state index is -3.52. The molecule has 1 fully saturated rings. The largest absolute Gasteiger partial charge is 0.323 e. The van der Waals surface area contributed by atoms with Crippen molar-refractivity contribution >= 4 is 33.0 Å². The van der Waals surface area contributed by atoms with E-state index in [2.05, 4.69) is 29.2 Å². The Bertz CT molecular complexity index is 891. The van der Waals surface area contributed by atoms with Crippen molar-refractivity contribution in [2.24, 2.45) is 5.92 Å². The van der Waals surface area contributed by atoms with Gasteiger partial charge in [-0.05, 0) is 37.4 Å². The molecule has 1 aliphatic rings. The number of thiophene rings is 1. The van der Waals surface area contributed by atoms with Crippen LogP contribution in [-0.4, -0.2) is 66.0 Å². The van der Waals surface area contributed by atoms with E-state index in [9.17, 15) is 13.2 Å². The third kappa shape index (κ3) is 5.44. The van der Waals surface area contributed by atoms with Gasteiger partial charge >= 0.3 is 0 Å². The Labute approximate surface area is 176 Å². The van der Waals surface area contributed by atoms with Crippen molar-refractivity contribution in [3.8, 4) is 0 Å². The van der Waals surface area contributed by atoms with Crippen LogP contribution in [-0.2, 0) is 21.4 Å². The maximum Gasteiger partial charge on any atom is 0.252 e. The summed E-state index contributed by atoms with van der Waals surface area (Å²) in [5.74, 6) is -0.517. The zero-order chi connectivity index (χ0) is 20.9. The van der Waals surface area contributed by atoms with Crippen LogP contribution in [0.3, 0.4) is 0 Å². The Balaban J connectivity index is 1.57. The number of carbonyl (C=O) groups is 1. The number of carbonyl (C=O) groups excluding carboxylic acids is 1. The average Bonchev–Trinajstić information content (AvgIpc) is 3.41. The second kappa shape index (κ2) is 9.84. The predicted molar refractivity (Wildman–Crippen MR) is 114 cm³/mol. The number of nitrogens with one attached hydrogen (secondary N) is 1. The zero-order valence-electron chi connectivity index (χ0n) is 17.0. The van der Waals surface area contributed by atoms with Crippen molar-refractivity contribution < 1.29 is 13.2 Å². The summed E-state index contributed by atoms with van der Waals surface area (Å²) in [5.41, 5.74) is 0.646. The fraction of sp³-hybridized carbons (Fsp3) is 0.579. The van der Waals surface area contributed by atoms with Crippen LogP contribution in [0, 0.1) is 5.92 Å². The van der Waals surface area contributed by atoms with Crippen molar-refractivity contribution in [2.75, 3.05) is 38.0 Å². The molecule has 2 aromatic heterocycles. The molecule has 0 radical (unpaired) electrons. The van der Waals surface area contributed by atoms with Crippen LogP contribution in [0.5, 0.6) is 0 Å². The molecule has 29 heavy (non-hydrogen) atoms. The van der Waals surface area contributed by atoms with Gasteiger partial charge in [0.25, 0.3) is 10.0 Å². The van der Waals surface area contributed by atoms with E-state index in [0.29, 0.717) is 29.3 Å². The first kappa shape index (κ1) is 21.9. The molecule has 1 aliphatic heterocycles. The van der Waals surface area contributed by atoms with Gasteiger partial charge in [-0.15, -0.1) is 11.3 Å². The van der Waals surface area contributed by atoms with Gasteiger partial charge in [0.15, 0.2) is 0 Å². The number of hydrogen-bond acceptors (Lipinski definition) is 6. The number of sulfonamides is 1. The molecular formula is C19H29N5O3S2. The van der Waals surface area contributed by atoms with E-state index in [1.54, 1.807) is 23.7 Å². The molecule has 3 rings (SSSR count). The normalized spacial score (nSPS) is 18.2. The van der Waals surface area contributed by atoms with E-state index >= 15 is 0 Å². The lowest BCUT2D eigenvalue weighted by Crippen LogP contribution is -2.43. The fourth-order valence-corrected chi connectivity index (χ4v) is 6.16. The summed E-state index contributed by atoms with van der Waals surface area (Å²) in [4.78, 5) is 15.0. The summed E-state index contributed by atoms with van der Waals surface area (Å²) < 4.78 is 29.1. The van der Waals surface area contributed by atoms with Crippen molar-refractivity contribution in [3.63, 3.8) is 0 Å². The van der Waals surface area contributed by atoms with Gasteiger partial charge in [-0.2, -0.15) is 9.40 Å². The van der Waals surface area contributed by atoms with Gasteiger partial charge in [-0.3, -0.25) is 9.48 Å². The Kier molecular flexibility index (Phi) is 7.44. The fourth-order valence-electron chi connectivity index (χ4n) is 3.49. The first-order valence-electron chi connectivity index (χ1n) is 10.0. The van der Waals surface area contributed by atoms with E-state index in [4.69, 9.17) is 0 Å². The van der Waals surface area contributed by atoms with Crippen LogP contribution >= 0.6 is 11.3 Å². The second-order valence-corrected chi connectivity index (χ2v) is 10.3. The molecule has 0 aromatic carbocycles. The molecule has 10 heteroatoms. The lowest BCUT2D eigenvalue weighted by atomic mass is 9.99. The molecule has 0 aliphatic carbocycles. The highest BCUT2D eigenvalue weighted by molar-refractivity contribution is 7.91. The lowest BCUT2D eigenvalue weighted by molar-refractivity contribution is -0.120. The number of likely N-dealkylation sites (N-methyl/N-ethyl adjacent to an activating group) is 1. The van der Waals surface area contributed by atoms with Crippen LogP contribution < -0.4 is 5.32 Å². The smallest absolute Gasteiger partial charge is 0.252 e. The monoisotopic (exact) mass is 439 g/mol. The SMILES string of the molecule is CCN(CC)CCn1cc(NC(=O)C2CCCN(S(=O)(=O)c3cccs3)C2)cn1. The topological polar surface area (TPSA) is 87.5 Å². The molecule has 1 unspecified atom stereocenters.